The molecule has 1 rings (SSSR count). The van der Waals surface area contributed by atoms with E-state index in [1.807, 2.05) is 10.8 Å². The fourth-order valence-electron chi connectivity index (χ4n) is 1.43. The topological polar surface area (TPSA) is 29.0 Å². The van der Waals surface area contributed by atoms with Crippen molar-refractivity contribution in [2.75, 3.05) is 6.54 Å². The van der Waals surface area contributed by atoms with Crippen molar-refractivity contribution in [1.29, 1.82) is 0 Å². The molecule has 0 amide bonds. The van der Waals surface area contributed by atoms with Crippen molar-refractivity contribution in [3.63, 3.8) is 0 Å². The molecule has 0 fully saturated rings. The first-order valence-corrected chi connectivity index (χ1v) is 4.47. The molecular weight excluding hydrogens is 155 g/mol. The van der Waals surface area contributed by atoms with Gasteiger partial charge in [-0.05, 0) is 20.8 Å². The average molecular weight is 173 g/mol. The van der Waals surface area contributed by atoms with Crippen molar-refractivity contribution in [2.45, 2.75) is 44.9 Å². The molecule has 2 atom stereocenters. The van der Waals surface area contributed by atoms with E-state index in [-0.39, 0.29) is 6.04 Å². The van der Waals surface area contributed by atoms with Crippen molar-refractivity contribution >= 4 is 6.21 Å². The van der Waals surface area contributed by atoms with Gasteiger partial charge in [-0.2, -0.15) is 0 Å². The van der Waals surface area contributed by atoms with Crippen molar-refractivity contribution in [2.24, 2.45) is 5.73 Å². The minimum Gasteiger partial charge on any atom is -0.324 e. The van der Waals surface area contributed by atoms with E-state index in [0.717, 1.165) is 0 Å². The Hall–Kier alpha value is -0.440. The van der Waals surface area contributed by atoms with E-state index in [1.54, 1.807) is 6.92 Å². The number of halogens is 1. The maximum atomic E-state index is 13.7. The van der Waals surface area contributed by atoms with E-state index < -0.39 is 5.67 Å². The maximum Gasteiger partial charge on any atom is 0.181 e. The Balaban J connectivity index is 2.74. The molecule has 0 aromatic heterocycles. The van der Waals surface area contributed by atoms with Gasteiger partial charge in [-0.15, -0.1) is 0 Å². The molecule has 1 aliphatic rings. The summed E-state index contributed by atoms with van der Waals surface area (Å²) in [4.78, 5) is 0. The summed E-state index contributed by atoms with van der Waals surface area (Å²) in [5.41, 5.74) is 4.40. The predicted molar refractivity (Wildman–Crippen MR) is 48.4 cm³/mol. The van der Waals surface area contributed by atoms with Crippen LogP contribution in [0.2, 0.25) is 0 Å². The molecule has 2 nitrogen and oxygen atoms in total. The molecule has 1 heterocycles. The lowest BCUT2D eigenvalue weighted by atomic mass is 9.93. The van der Waals surface area contributed by atoms with Gasteiger partial charge in [0, 0.05) is 6.42 Å². The van der Waals surface area contributed by atoms with Crippen molar-refractivity contribution in [3.05, 3.63) is 0 Å². The molecule has 0 aliphatic carbocycles. The number of hydrogen-bond acceptors (Lipinski definition) is 1. The van der Waals surface area contributed by atoms with Gasteiger partial charge in [-0.1, -0.05) is 0 Å². The highest BCUT2D eigenvalue weighted by molar-refractivity contribution is 5.53. The average Bonchev–Trinajstić information content (AvgIpc) is 1.94. The van der Waals surface area contributed by atoms with E-state index >= 15 is 0 Å². The fraction of sp³-hybridized carbons (Fsp3) is 0.889. The second kappa shape index (κ2) is 3.13. The third-order valence-electron chi connectivity index (χ3n) is 2.52. The third-order valence-corrected chi connectivity index (χ3v) is 2.52. The molecule has 2 unspecified atom stereocenters. The van der Waals surface area contributed by atoms with E-state index in [9.17, 15) is 4.39 Å². The van der Waals surface area contributed by atoms with E-state index in [4.69, 9.17) is 5.73 Å². The van der Waals surface area contributed by atoms with Crippen LogP contribution in [-0.2, 0) is 0 Å². The lowest BCUT2D eigenvalue weighted by Gasteiger charge is -2.29. The third kappa shape index (κ3) is 1.83. The quantitative estimate of drug-likeness (QED) is 0.587. The smallest absolute Gasteiger partial charge is 0.181 e. The number of nitrogens with zero attached hydrogens (tertiary/aromatic N) is 1. The van der Waals surface area contributed by atoms with Crippen LogP contribution in [0.25, 0.3) is 0 Å². The Kier molecular flexibility index (Phi) is 2.52. The highest BCUT2D eigenvalue weighted by Gasteiger charge is 2.40. The minimum absolute atomic E-state index is 0.340. The zero-order valence-corrected chi connectivity index (χ0v) is 8.05. The standard InChI is InChI=1S/C9H18FN2/c1-7(2)12-5-4-8(11)9(3,10)6-12/h5,7-8H,4,6,11H2,1-3H3/q+1. The lowest BCUT2D eigenvalue weighted by Crippen LogP contribution is -2.53. The number of nitrogens with two attached hydrogens (primary N) is 1. The van der Waals surface area contributed by atoms with Crippen LogP contribution in [0.3, 0.4) is 0 Å². The summed E-state index contributed by atoms with van der Waals surface area (Å²) < 4.78 is 15.7. The summed E-state index contributed by atoms with van der Waals surface area (Å²) in [6.45, 7) is 6.12. The van der Waals surface area contributed by atoms with Crippen LogP contribution in [0.4, 0.5) is 4.39 Å². The molecule has 0 saturated carbocycles. The second-order valence-electron chi connectivity index (χ2n) is 4.07. The van der Waals surface area contributed by atoms with Gasteiger partial charge in [0.15, 0.2) is 12.2 Å². The maximum absolute atomic E-state index is 13.7. The number of hydrogen-bond donors (Lipinski definition) is 1. The molecular formula is C9H18FN2+. The SMILES string of the molecule is CC(C)[N+]1=CCC(N)C(C)(F)C1. The van der Waals surface area contributed by atoms with E-state index in [0.29, 0.717) is 19.0 Å². The summed E-state index contributed by atoms with van der Waals surface area (Å²) in [6.07, 6.45) is 2.65. The van der Waals surface area contributed by atoms with Crippen LogP contribution in [0.5, 0.6) is 0 Å². The van der Waals surface area contributed by atoms with Gasteiger partial charge in [0.25, 0.3) is 0 Å². The second-order valence-corrected chi connectivity index (χ2v) is 4.07. The van der Waals surface area contributed by atoms with Crippen LogP contribution < -0.4 is 5.73 Å². The Morgan fingerprint density at radius 3 is 2.67 bits per heavy atom. The largest absolute Gasteiger partial charge is 0.324 e. The van der Waals surface area contributed by atoms with Crippen LogP contribution >= 0.6 is 0 Å². The van der Waals surface area contributed by atoms with Crippen molar-refractivity contribution in [3.8, 4) is 0 Å². The molecule has 0 spiro atoms. The summed E-state index contributed by atoms with van der Waals surface area (Å²) >= 11 is 0. The summed E-state index contributed by atoms with van der Waals surface area (Å²) in [5, 5.41) is 0. The molecule has 2 N–H and O–H groups in total. The Labute approximate surface area is 73.3 Å². The van der Waals surface area contributed by atoms with E-state index in [1.165, 1.54) is 0 Å². The molecule has 0 aromatic carbocycles. The number of alkyl halides is 1. The highest BCUT2D eigenvalue weighted by Crippen LogP contribution is 2.20. The number of rotatable bonds is 1. The van der Waals surface area contributed by atoms with Gasteiger partial charge < -0.3 is 5.73 Å². The van der Waals surface area contributed by atoms with Crippen LogP contribution in [-0.4, -0.2) is 35.1 Å². The fourth-order valence-corrected chi connectivity index (χ4v) is 1.43. The minimum atomic E-state index is -1.24. The zero-order valence-electron chi connectivity index (χ0n) is 8.05. The normalized spacial score (nSPS) is 36.8. The van der Waals surface area contributed by atoms with Gasteiger partial charge in [0.05, 0.1) is 6.04 Å². The summed E-state index contributed by atoms with van der Waals surface area (Å²) in [5.74, 6) is 0. The molecule has 0 bridgehead atoms. The molecule has 0 saturated heterocycles. The van der Waals surface area contributed by atoms with Crippen LogP contribution in [0, 0.1) is 0 Å². The first-order valence-electron chi connectivity index (χ1n) is 4.47. The van der Waals surface area contributed by atoms with Crippen molar-refractivity contribution in [1.82, 2.24) is 0 Å². The molecule has 70 valence electrons. The molecule has 3 heteroatoms. The lowest BCUT2D eigenvalue weighted by molar-refractivity contribution is -0.572. The molecule has 0 aromatic rings. The predicted octanol–water partition coefficient (Wildman–Crippen LogP) is 0.937. The first-order chi connectivity index (χ1) is 5.43. The Morgan fingerprint density at radius 1 is 1.67 bits per heavy atom. The summed E-state index contributed by atoms with van der Waals surface area (Å²) in [6, 6.07) is 0.0278. The Morgan fingerprint density at radius 2 is 2.25 bits per heavy atom. The van der Waals surface area contributed by atoms with Crippen LogP contribution in [0.15, 0.2) is 0 Å². The first kappa shape index (κ1) is 9.65. The van der Waals surface area contributed by atoms with Gasteiger partial charge in [0.1, 0.15) is 12.3 Å². The monoisotopic (exact) mass is 173 g/mol. The van der Waals surface area contributed by atoms with Gasteiger partial charge in [-0.3, -0.25) is 0 Å². The molecule has 1 aliphatic heterocycles. The van der Waals surface area contributed by atoms with Gasteiger partial charge >= 0.3 is 0 Å². The van der Waals surface area contributed by atoms with Crippen LogP contribution in [0.1, 0.15) is 27.2 Å². The zero-order chi connectivity index (χ0) is 9.35. The van der Waals surface area contributed by atoms with E-state index in [2.05, 4.69) is 13.8 Å². The summed E-state index contributed by atoms with van der Waals surface area (Å²) in [7, 11) is 0. The van der Waals surface area contributed by atoms with Gasteiger partial charge in [0.2, 0.25) is 0 Å². The molecule has 12 heavy (non-hydrogen) atoms. The van der Waals surface area contributed by atoms with Crippen molar-refractivity contribution < 1.29 is 8.97 Å². The van der Waals surface area contributed by atoms with Gasteiger partial charge in [-0.25, -0.2) is 8.97 Å². The highest BCUT2D eigenvalue weighted by atomic mass is 19.1. The molecule has 0 radical (unpaired) electrons. The Bertz CT molecular complexity index is 197.